The number of pyridine rings is 1. The smallest absolute Gasteiger partial charge is 0.106 e. The predicted molar refractivity (Wildman–Crippen MR) is 65.9 cm³/mol. The van der Waals surface area contributed by atoms with Gasteiger partial charge in [-0.1, -0.05) is 30.3 Å². The first-order chi connectivity index (χ1) is 7.24. The number of nitrogens with zero attached hydrogens (tertiary/aromatic N) is 1. The lowest BCUT2D eigenvalue weighted by Crippen LogP contribution is -1.91. The molecule has 2 heteroatoms. The Kier molecular flexibility index (Phi) is 3.17. The molecule has 76 valence electrons. The third-order valence-corrected chi connectivity index (χ3v) is 2.64. The summed E-state index contributed by atoms with van der Waals surface area (Å²) in [6, 6.07) is 14.7. The highest BCUT2D eigenvalue weighted by Gasteiger charge is 1.99. The second-order valence-corrected chi connectivity index (χ2v) is 4.41. The fourth-order valence-electron chi connectivity index (χ4n) is 1.63. The minimum Gasteiger partial charge on any atom is -0.246 e. The number of hydrogen-bond acceptors (Lipinski definition) is 1. The van der Waals surface area contributed by atoms with Crippen molar-refractivity contribution in [2.24, 2.45) is 0 Å². The second kappa shape index (κ2) is 4.58. The maximum atomic E-state index is 4.29. The lowest BCUT2D eigenvalue weighted by Gasteiger charge is -2.03. The SMILES string of the molecule is Cc1cc(Cc2ccccc2)cc(Br)n1. The van der Waals surface area contributed by atoms with Gasteiger partial charge in [-0.15, -0.1) is 0 Å². The number of halogens is 1. The van der Waals surface area contributed by atoms with Crippen LogP contribution in [0.5, 0.6) is 0 Å². The molecule has 15 heavy (non-hydrogen) atoms. The van der Waals surface area contributed by atoms with Crippen LogP contribution in [-0.4, -0.2) is 4.98 Å². The first kappa shape index (κ1) is 10.4. The lowest BCUT2D eigenvalue weighted by molar-refractivity contribution is 1.10. The van der Waals surface area contributed by atoms with E-state index in [2.05, 4.69) is 57.3 Å². The zero-order valence-corrected chi connectivity index (χ0v) is 10.2. The molecule has 0 aliphatic rings. The summed E-state index contributed by atoms with van der Waals surface area (Å²) in [6.07, 6.45) is 0.961. The summed E-state index contributed by atoms with van der Waals surface area (Å²) in [5, 5.41) is 0. The fourth-order valence-corrected chi connectivity index (χ4v) is 2.20. The van der Waals surface area contributed by atoms with Gasteiger partial charge in [0.1, 0.15) is 4.60 Å². The van der Waals surface area contributed by atoms with Gasteiger partial charge in [-0.25, -0.2) is 4.98 Å². The summed E-state index contributed by atoms with van der Waals surface area (Å²) < 4.78 is 0.911. The van der Waals surface area contributed by atoms with Crippen LogP contribution in [0, 0.1) is 6.92 Å². The van der Waals surface area contributed by atoms with Crippen LogP contribution in [0.4, 0.5) is 0 Å². The van der Waals surface area contributed by atoms with Crippen molar-refractivity contribution in [3.05, 3.63) is 63.9 Å². The van der Waals surface area contributed by atoms with Gasteiger partial charge in [0.25, 0.3) is 0 Å². The van der Waals surface area contributed by atoms with Crippen LogP contribution in [0.1, 0.15) is 16.8 Å². The van der Waals surface area contributed by atoms with E-state index >= 15 is 0 Å². The summed E-state index contributed by atoms with van der Waals surface area (Å²) in [4.78, 5) is 4.29. The Morgan fingerprint density at radius 2 is 1.80 bits per heavy atom. The average Bonchev–Trinajstić information content (AvgIpc) is 2.17. The van der Waals surface area contributed by atoms with Crippen molar-refractivity contribution in [2.45, 2.75) is 13.3 Å². The lowest BCUT2D eigenvalue weighted by atomic mass is 10.1. The van der Waals surface area contributed by atoms with Gasteiger partial charge >= 0.3 is 0 Å². The zero-order valence-electron chi connectivity index (χ0n) is 8.57. The van der Waals surface area contributed by atoms with Gasteiger partial charge < -0.3 is 0 Å². The molecule has 1 aromatic heterocycles. The molecule has 0 unspecified atom stereocenters. The third-order valence-electron chi connectivity index (χ3n) is 2.23. The molecular formula is C13H12BrN. The van der Waals surface area contributed by atoms with E-state index in [1.807, 2.05) is 13.0 Å². The third kappa shape index (κ3) is 2.90. The molecule has 0 saturated carbocycles. The Morgan fingerprint density at radius 3 is 2.47 bits per heavy atom. The maximum absolute atomic E-state index is 4.29. The van der Waals surface area contributed by atoms with Crippen LogP contribution < -0.4 is 0 Å². The van der Waals surface area contributed by atoms with Crippen LogP contribution in [0.2, 0.25) is 0 Å². The molecule has 0 N–H and O–H groups in total. The summed E-state index contributed by atoms with van der Waals surface area (Å²) in [6.45, 7) is 2.01. The Bertz CT molecular complexity index is 431. The van der Waals surface area contributed by atoms with Crippen molar-refractivity contribution < 1.29 is 0 Å². The van der Waals surface area contributed by atoms with Crippen LogP contribution in [-0.2, 0) is 6.42 Å². The average molecular weight is 262 g/mol. The maximum Gasteiger partial charge on any atom is 0.106 e. The van der Waals surface area contributed by atoms with Gasteiger partial charge in [0.15, 0.2) is 0 Å². The van der Waals surface area contributed by atoms with Crippen LogP contribution in [0.3, 0.4) is 0 Å². The molecular weight excluding hydrogens is 250 g/mol. The molecule has 0 amide bonds. The second-order valence-electron chi connectivity index (χ2n) is 3.60. The Balaban J connectivity index is 2.25. The van der Waals surface area contributed by atoms with Gasteiger partial charge in [-0.2, -0.15) is 0 Å². The number of hydrogen-bond donors (Lipinski definition) is 0. The predicted octanol–water partition coefficient (Wildman–Crippen LogP) is 3.74. The largest absolute Gasteiger partial charge is 0.246 e. The van der Waals surface area contributed by atoms with E-state index in [0.29, 0.717) is 0 Å². The Morgan fingerprint density at radius 1 is 1.07 bits per heavy atom. The highest BCUT2D eigenvalue weighted by molar-refractivity contribution is 9.10. The van der Waals surface area contributed by atoms with E-state index in [1.165, 1.54) is 11.1 Å². The van der Waals surface area contributed by atoms with Gasteiger partial charge in [0.05, 0.1) is 0 Å². The number of aromatic nitrogens is 1. The van der Waals surface area contributed by atoms with E-state index in [0.717, 1.165) is 16.7 Å². The summed E-state index contributed by atoms with van der Waals surface area (Å²) in [5.41, 5.74) is 3.67. The minimum atomic E-state index is 0.911. The molecule has 0 bridgehead atoms. The van der Waals surface area contributed by atoms with Gasteiger partial charge in [0, 0.05) is 5.69 Å². The molecule has 2 aromatic rings. The van der Waals surface area contributed by atoms with Crippen molar-refractivity contribution in [2.75, 3.05) is 0 Å². The number of rotatable bonds is 2. The summed E-state index contributed by atoms with van der Waals surface area (Å²) in [5.74, 6) is 0. The van der Waals surface area contributed by atoms with E-state index in [4.69, 9.17) is 0 Å². The molecule has 0 spiro atoms. The number of benzene rings is 1. The molecule has 0 saturated heterocycles. The van der Waals surface area contributed by atoms with E-state index < -0.39 is 0 Å². The number of aryl methyl sites for hydroxylation is 1. The fraction of sp³-hybridized carbons (Fsp3) is 0.154. The molecule has 0 fully saturated rings. The van der Waals surface area contributed by atoms with Crippen LogP contribution in [0.25, 0.3) is 0 Å². The van der Waals surface area contributed by atoms with Crippen molar-refractivity contribution >= 4 is 15.9 Å². The molecule has 0 radical (unpaired) electrons. The van der Waals surface area contributed by atoms with E-state index in [1.54, 1.807) is 0 Å². The van der Waals surface area contributed by atoms with E-state index in [-0.39, 0.29) is 0 Å². The monoisotopic (exact) mass is 261 g/mol. The normalized spacial score (nSPS) is 10.3. The standard InChI is InChI=1S/C13H12BrN/c1-10-7-12(9-13(14)15-10)8-11-5-3-2-4-6-11/h2-7,9H,8H2,1H3. The summed E-state index contributed by atoms with van der Waals surface area (Å²) in [7, 11) is 0. The van der Waals surface area contributed by atoms with Crippen LogP contribution >= 0.6 is 15.9 Å². The Hall–Kier alpha value is -1.15. The topological polar surface area (TPSA) is 12.9 Å². The zero-order chi connectivity index (χ0) is 10.7. The van der Waals surface area contributed by atoms with Crippen molar-refractivity contribution in [3.8, 4) is 0 Å². The molecule has 0 aliphatic heterocycles. The molecule has 0 atom stereocenters. The highest BCUT2D eigenvalue weighted by Crippen LogP contribution is 2.14. The molecule has 1 aromatic carbocycles. The molecule has 1 nitrogen and oxygen atoms in total. The van der Waals surface area contributed by atoms with Gasteiger partial charge in [0.2, 0.25) is 0 Å². The quantitative estimate of drug-likeness (QED) is 0.751. The van der Waals surface area contributed by atoms with E-state index in [9.17, 15) is 0 Å². The highest BCUT2D eigenvalue weighted by atomic mass is 79.9. The molecule has 1 heterocycles. The van der Waals surface area contributed by atoms with Crippen molar-refractivity contribution in [1.29, 1.82) is 0 Å². The molecule has 0 aliphatic carbocycles. The van der Waals surface area contributed by atoms with Gasteiger partial charge in [-0.05, 0) is 52.5 Å². The first-order valence-electron chi connectivity index (χ1n) is 4.91. The first-order valence-corrected chi connectivity index (χ1v) is 5.70. The minimum absolute atomic E-state index is 0.911. The molecule has 2 rings (SSSR count). The van der Waals surface area contributed by atoms with Crippen LogP contribution in [0.15, 0.2) is 47.1 Å². The van der Waals surface area contributed by atoms with Gasteiger partial charge in [-0.3, -0.25) is 0 Å². The Labute approximate surface area is 98.3 Å². The summed E-state index contributed by atoms with van der Waals surface area (Å²) >= 11 is 3.42. The van der Waals surface area contributed by atoms with Crippen molar-refractivity contribution in [1.82, 2.24) is 4.98 Å². The van der Waals surface area contributed by atoms with Crippen molar-refractivity contribution in [3.63, 3.8) is 0 Å².